The molecular weight excluding hydrogens is 238 g/mol. The number of aryl methyl sites for hydroxylation is 2. The molecule has 0 atom stereocenters. The van der Waals surface area contributed by atoms with Gasteiger partial charge in [0.15, 0.2) is 11.7 Å². The lowest BCUT2D eigenvalue weighted by molar-refractivity contribution is 0.0796. The van der Waals surface area contributed by atoms with Crippen molar-refractivity contribution in [2.24, 2.45) is 0 Å². The van der Waals surface area contributed by atoms with Crippen LogP contribution in [-0.4, -0.2) is 18.2 Å². The van der Waals surface area contributed by atoms with Gasteiger partial charge in [0, 0.05) is 24.7 Å². The van der Waals surface area contributed by atoms with E-state index in [0.717, 1.165) is 43.3 Å². The van der Waals surface area contributed by atoms with E-state index in [9.17, 15) is 0 Å². The van der Waals surface area contributed by atoms with Crippen LogP contribution in [0.5, 0.6) is 0 Å². The third kappa shape index (κ3) is 2.56. The number of oxazole rings is 1. The zero-order valence-electron chi connectivity index (χ0n) is 11.5. The molecular formula is C16H19NO2. The summed E-state index contributed by atoms with van der Waals surface area (Å²) < 4.78 is 11.4. The molecule has 0 saturated carbocycles. The molecule has 0 N–H and O–H groups in total. The Balaban J connectivity index is 1.89. The highest BCUT2D eigenvalue weighted by molar-refractivity contribution is 5.62. The van der Waals surface area contributed by atoms with Gasteiger partial charge in [-0.25, -0.2) is 4.98 Å². The summed E-state index contributed by atoms with van der Waals surface area (Å²) >= 11 is 0. The average Bonchev–Trinajstić information content (AvgIpc) is 2.92. The van der Waals surface area contributed by atoms with Crippen LogP contribution >= 0.6 is 0 Å². The fourth-order valence-electron chi connectivity index (χ4n) is 2.55. The van der Waals surface area contributed by atoms with Gasteiger partial charge in [-0.05, 0) is 38.3 Å². The quantitative estimate of drug-likeness (QED) is 0.819. The van der Waals surface area contributed by atoms with Gasteiger partial charge in [0.2, 0.25) is 0 Å². The van der Waals surface area contributed by atoms with Crippen LogP contribution < -0.4 is 0 Å². The van der Waals surface area contributed by atoms with Crippen LogP contribution in [0.25, 0.3) is 11.3 Å². The first-order valence-corrected chi connectivity index (χ1v) is 6.85. The number of aromatic nitrogens is 1. The molecule has 3 nitrogen and oxygen atoms in total. The fraction of sp³-hybridized carbons (Fsp3) is 0.438. The highest BCUT2D eigenvalue weighted by Gasteiger charge is 2.21. The van der Waals surface area contributed by atoms with Gasteiger partial charge in [-0.2, -0.15) is 0 Å². The molecule has 1 aromatic heterocycles. The highest BCUT2D eigenvalue weighted by atomic mass is 16.5. The van der Waals surface area contributed by atoms with Crippen molar-refractivity contribution >= 4 is 0 Å². The van der Waals surface area contributed by atoms with Gasteiger partial charge in [0.05, 0.1) is 6.20 Å². The smallest absolute Gasteiger partial charge is 0.198 e. The number of ether oxygens (including phenoxy) is 1. The second-order valence-electron chi connectivity index (χ2n) is 5.27. The van der Waals surface area contributed by atoms with Gasteiger partial charge >= 0.3 is 0 Å². The predicted octanol–water partition coefficient (Wildman–Crippen LogP) is 3.85. The van der Waals surface area contributed by atoms with Gasteiger partial charge in [-0.1, -0.05) is 17.7 Å². The van der Waals surface area contributed by atoms with Gasteiger partial charge in [0.25, 0.3) is 0 Å². The van der Waals surface area contributed by atoms with E-state index in [1.165, 1.54) is 11.1 Å². The molecule has 19 heavy (non-hydrogen) atoms. The molecule has 0 aliphatic carbocycles. The first-order chi connectivity index (χ1) is 9.24. The van der Waals surface area contributed by atoms with Crippen molar-refractivity contribution in [1.29, 1.82) is 0 Å². The third-order valence-electron chi connectivity index (χ3n) is 3.75. The molecule has 3 heteroatoms. The summed E-state index contributed by atoms with van der Waals surface area (Å²) in [6, 6.07) is 6.40. The Labute approximate surface area is 113 Å². The molecule has 0 spiro atoms. The minimum atomic E-state index is 0.410. The van der Waals surface area contributed by atoms with Crippen LogP contribution in [0.15, 0.2) is 28.8 Å². The van der Waals surface area contributed by atoms with Crippen molar-refractivity contribution in [3.8, 4) is 11.3 Å². The standard InChI is InChI=1S/C16H19NO2/c1-11-3-4-12(2)14(9-11)15-10-17-16(19-15)13-5-7-18-8-6-13/h3-4,9-10,13H,5-8H2,1-2H3. The lowest BCUT2D eigenvalue weighted by Crippen LogP contribution is -2.14. The molecule has 1 saturated heterocycles. The molecule has 0 radical (unpaired) electrons. The van der Waals surface area contributed by atoms with Crippen molar-refractivity contribution in [3.63, 3.8) is 0 Å². The molecule has 2 heterocycles. The molecule has 2 aromatic rings. The van der Waals surface area contributed by atoms with Crippen LogP contribution in [0.3, 0.4) is 0 Å². The van der Waals surface area contributed by atoms with E-state index >= 15 is 0 Å². The zero-order chi connectivity index (χ0) is 13.2. The fourth-order valence-corrected chi connectivity index (χ4v) is 2.55. The van der Waals surface area contributed by atoms with E-state index in [2.05, 4.69) is 37.0 Å². The van der Waals surface area contributed by atoms with Gasteiger partial charge in [-0.15, -0.1) is 0 Å². The summed E-state index contributed by atoms with van der Waals surface area (Å²) in [5.41, 5.74) is 3.61. The van der Waals surface area contributed by atoms with E-state index in [4.69, 9.17) is 9.15 Å². The van der Waals surface area contributed by atoms with Crippen molar-refractivity contribution in [1.82, 2.24) is 4.98 Å². The Morgan fingerprint density at radius 3 is 2.74 bits per heavy atom. The Morgan fingerprint density at radius 2 is 1.95 bits per heavy atom. The first kappa shape index (κ1) is 12.4. The summed E-state index contributed by atoms with van der Waals surface area (Å²) in [6.07, 6.45) is 3.87. The molecule has 0 bridgehead atoms. The molecule has 1 aliphatic heterocycles. The van der Waals surface area contributed by atoms with Crippen molar-refractivity contribution in [2.75, 3.05) is 13.2 Å². The van der Waals surface area contributed by atoms with E-state index in [1.54, 1.807) is 0 Å². The SMILES string of the molecule is Cc1ccc(C)c(-c2cnc(C3CCOCC3)o2)c1. The van der Waals surface area contributed by atoms with Gasteiger partial charge < -0.3 is 9.15 Å². The normalized spacial score (nSPS) is 16.7. The Bertz CT molecular complexity index is 568. The summed E-state index contributed by atoms with van der Waals surface area (Å²) in [4.78, 5) is 4.46. The van der Waals surface area contributed by atoms with E-state index < -0.39 is 0 Å². The maximum absolute atomic E-state index is 5.98. The molecule has 1 fully saturated rings. The minimum absolute atomic E-state index is 0.410. The number of hydrogen-bond acceptors (Lipinski definition) is 3. The Morgan fingerprint density at radius 1 is 1.16 bits per heavy atom. The first-order valence-electron chi connectivity index (χ1n) is 6.85. The lowest BCUT2D eigenvalue weighted by atomic mass is 10.0. The molecule has 1 aliphatic rings. The summed E-state index contributed by atoms with van der Waals surface area (Å²) in [7, 11) is 0. The van der Waals surface area contributed by atoms with Crippen LogP contribution in [-0.2, 0) is 4.74 Å². The second-order valence-corrected chi connectivity index (χ2v) is 5.27. The number of nitrogens with zero attached hydrogens (tertiary/aromatic N) is 1. The van der Waals surface area contributed by atoms with E-state index in [1.807, 2.05) is 6.20 Å². The average molecular weight is 257 g/mol. The van der Waals surface area contributed by atoms with Gasteiger partial charge in [-0.3, -0.25) is 0 Å². The van der Waals surface area contributed by atoms with Crippen molar-refractivity contribution < 1.29 is 9.15 Å². The number of rotatable bonds is 2. The van der Waals surface area contributed by atoms with Crippen LogP contribution in [0.2, 0.25) is 0 Å². The molecule has 0 unspecified atom stereocenters. The van der Waals surface area contributed by atoms with Crippen LogP contribution in [0, 0.1) is 13.8 Å². The number of hydrogen-bond donors (Lipinski definition) is 0. The summed E-state index contributed by atoms with van der Waals surface area (Å²) in [6.45, 7) is 5.82. The Hall–Kier alpha value is -1.61. The monoisotopic (exact) mass is 257 g/mol. The maximum Gasteiger partial charge on any atom is 0.198 e. The summed E-state index contributed by atoms with van der Waals surface area (Å²) in [5.74, 6) is 2.15. The van der Waals surface area contributed by atoms with Gasteiger partial charge in [0.1, 0.15) is 0 Å². The minimum Gasteiger partial charge on any atom is -0.440 e. The van der Waals surface area contributed by atoms with E-state index in [-0.39, 0.29) is 0 Å². The van der Waals surface area contributed by atoms with E-state index in [0.29, 0.717) is 5.92 Å². The highest BCUT2D eigenvalue weighted by Crippen LogP contribution is 2.31. The van der Waals surface area contributed by atoms with Crippen LogP contribution in [0.1, 0.15) is 35.8 Å². The predicted molar refractivity (Wildman–Crippen MR) is 74.2 cm³/mol. The van der Waals surface area contributed by atoms with Crippen LogP contribution in [0.4, 0.5) is 0 Å². The summed E-state index contributed by atoms with van der Waals surface area (Å²) in [5, 5.41) is 0. The third-order valence-corrected chi connectivity index (χ3v) is 3.75. The maximum atomic E-state index is 5.98. The second kappa shape index (κ2) is 5.17. The lowest BCUT2D eigenvalue weighted by Gasteiger charge is -2.18. The van der Waals surface area contributed by atoms with Crippen molar-refractivity contribution in [3.05, 3.63) is 41.4 Å². The molecule has 100 valence electrons. The number of benzene rings is 1. The molecule has 1 aromatic carbocycles. The Kier molecular flexibility index (Phi) is 3.38. The molecule has 3 rings (SSSR count). The zero-order valence-corrected chi connectivity index (χ0v) is 11.5. The topological polar surface area (TPSA) is 35.3 Å². The van der Waals surface area contributed by atoms with Crippen molar-refractivity contribution in [2.45, 2.75) is 32.6 Å². The molecule has 0 amide bonds. The largest absolute Gasteiger partial charge is 0.440 e.